The zero-order valence-electron chi connectivity index (χ0n) is 11.9. The van der Waals surface area contributed by atoms with Gasteiger partial charge in [0, 0.05) is 6.07 Å². The Kier molecular flexibility index (Phi) is 4.10. The fourth-order valence-electron chi connectivity index (χ4n) is 2.46. The van der Waals surface area contributed by atoms with E-state index in [0.29, 0.717) is 36.8 Å². The van der Waals surface area contributed by atoms with E-state index in [9.17, 15) is 13.2 Å². The van der Waals surface area contributed by atoms with Crippen LogP contribution in [0.15, 0.2) is 18.2 Å². The fraction of sp³-hybridized carbons (Fsp3) is 0.500. The minimum atomic E-state index is -3.04. The van der Waals surface area contributed by atoms with E-state index in [2.05, 4.69) is 5.32 Å². The molecule has 0 bridgehead atoms. The number of carbonyl (C=O) groups excluding carboxylic acids is 1. The third kappa shape index (κ3) is 3.44. The molecule has 1 atom stereocenters. The molecule has 2 aliphatic heterocycles. The number of ether oxygens (including phenoxy) is 3. The molecule has 1 aromatic carbocycles. The van der Waals surface area contributed by atoms with Gasteiger partial charge in [-0.15, -0.1) is 0 Å². The lowest BCUT2D eigenvalue weighted by atomic mass is 10.1. The second-order valence-electron chi connectivity index (χ2n) is 5.25. The summed E-state index contributed by atoms with van der Waals surface area (Å²) in [5, 5.41) is 2.70. The second kappa shape index (κ2) is 6.04. The Labute approximate surface area is 128 Å². The van der Waals surface area contributed by atoms with E-state index < -0.39 is 15.8 Å². The predicted octanol–water partition coefficient (Wildman–Crippen LogP) is 0.345. The number of benzene rings is 1. The van der Waals surface area contributed by atoms with E-state index >= 15 is 0 Å². The molecule has 0 spiro atoms. The molecule has 2 heterocycles. The standard InChI is InChI=1S/C14H17NO6S/c16-14(10-3-6-22(17,18)8-10)15-4-5-19-11-1-2-12-13(7-11)21-9-20-12/h1-2,7,10H,3-6,8-9H2,(H,15,16)/t10-/m1/s1. The lowest BCUT2D eigenvalue weighted by Crippen LogP contribution is -2.34. The summed E-state index contributed by atoms with van der Waals surface area (Å²) in [6, 6.07) is 5.26. The quantitative estimate of drug-likeness (QED) is 0.785. The van der Waals surface area contributed by atoms with Crippen molar-refractivity contribution >= 4 is 15.7 Å². The lowest BCUT2D eigenvalue weighted by molar-refractivity contribution is -0.124. The van der Waals surface area contributed by atoms with Crippen LogP contribution in [-0.4, -0.2) is 45.8 Å². The molecule has 1 aromatic rings. The van der Waals surface area contributed by atoms with E-state index in [1.807, 2.05) is 0 Å². The summed E-state index contributed by atoms with van der Waals surface area (Å²) in [7, 11) is -3.04. The molecule has 0 saturated carbocycles. The molecule has 1 amide bonds. The Balaban J connectivity index is 1.41. The molecule has 2 aliphatic rings. The van der Waals surface area contributed by atoms with Gasteiger partial charge in [-0.3, -0.25) is 4.79 Å². The van der Waals surface area contributed by atoms with Gasteiger partial charge in [-0.2, -0.15) is 0 Å². The van der Waals surface area contributed by atoms with Crippen LogP contribution in [0.1, 0.15) is 6.42 Å². The van der Waals surface area contributed by atoms with E-state index in [1.54, 1.807) is 18.2 Å². The first kappa shape index (κ1) is 15.0. The normalized spacial score (nSPS) is 21.5. The number of nitrogens with one attached hydrogen (secondary N) is 1. The summed E-state index contributed by atoms with van der Waals surface area (Å²) in [5.74, 6) is 1.33. The van der Waals surface area contributed by atoms with Crippen molar-refractivity contribution in [2.24, 2.45) is 5.92 Å². The number of hydrogen-bond acceptors (Lipinski definition) is 6. The summed E-state index contributed by atoms with van der Waals surface area (Å²) in [5.41, 5.74) is 0. The second-order valence-corrected chi connectivity index (χ2v) is 7.48. The maximum absolute atomic E-state index is 11.8. The Morgan fingerprint density at radius 3 is 2.91 bits per heavy atom. The van der Waals surface area contributed by atoms with Crippen LogP contribution in [-0.2, 0) is 14.6 Å². The van der Waals surface area contributed by atoms with E-state index in [-0.39, 0.29) is 24.2 Å². The first-order chi connectivity index (χ1) is 10.5. The van der Waals surface area contributed by atoms with Gasteiger partial charge in [0.1, 0.15) is 12.4 Å². The third-order valence-corrected chi connectivity index (χ3v) is 5.39. The van der Waals surface area contributed by atoms with Crippen molar-refractivity contribution in [2.75, 3.05) is 31.5 Å². The lowest BCUT2D eigenvalue weighted by Gasteiger charge is -2.10. The Bertz CT molecular complexity index is 672. The number of hydrogen-bond donors (Lipinski definition) is 1. The fourth-order valence-corrected chi connectivity index (χ4v) is 4.20. The van der Waals surface area contributed by atoms with Crippen LogP contribution in [0.2, 0.25) is 0 Å². The van der Waals surface area contributed by atoms with Crippen molar-refractivity contribution in [3.8, 4) is 17.2 Å². The Morgan fingerprint density at radius 2 is 2.14 bits per heavy atom. The summed E-state index contributed by atoms with van der Waals surface area (Å²) < 4.78 is 38.6. The molecule has 0 aliphatic carbocycles. The van der Waals surface area contributed by atoms with Gasteiger partial charge in [-0.25, -0.2) is 8.42 Å². The highest BCUT2D eigenvalue weighted by Crippen LogP contribution is 2.34. The van der Waals surface area contributed by atoms with Gasteiger partial charge in [-0.05, 0) is 18.6 Å². The molecule has 3 rings (SSSR count). The SMILES string of the molecule is O=C(NCCOc1ccc2c(c1)OCO2)[C@@H]1CCS(=O)(=O)C1. The van der Waals surface area contributed by atoms with Gasteiger partial charge in [0.2, 0.25) is 12.7 Å². The molecule has 22 heavy (non-hydrogen) atoms. The number of carbonyl (C=O) groups is 1. The van der Waals surface area contributed by atoms with Crippen molar-refractivity contribution in [2.45, 2.75) is 6.42 Å². The Hall–Kier alpha value is -1.96. The van der Waals surface area contributed by atoms with Crippen LogP contribution >= 0.6 is 0 Å². The third-order valence-electron chi connectivity index (χ3n) is 3.62. The first-order valence-corrected chi connectivity index (χ1v) is 8.86. The molecular formula is C14H17NO6S. The largest absolute Gasteiger partial charge is 0.492 e. The van der Waals surface area contributed by atoms with Crippen molar-refractivity contribution in [1.29, 1.82) is 0 Å². The molecule has 1 saturated heterocycles. The number of fused-ring (bicyclic) bond motifs is 1. The maximum Gasteiger partial charge on any atom is 0.231 e. The minimum Gasteiger partial charge on any atom is -0.492 e. The van der Waals surface area contributed by atoms with Crippen molar-refractivity contribution in [1.82, 2.24) is 5.32 Å². The highest BCUT2D eigenvalue weighted by atomic mass is 32.2. The molecule has 1 fully saturated rings. The highest BCUT2D eigenvalue weighted by Gasteiger charge is 2.32. The molecule has 120 valence electrons. The average molecular weight is 327 g/mol. The zero-order valence-corrected chi connectivity index (χ0v) is 12.7. The van der Waals surface area contributed by atoms with Crippen molar-refractivity contribution in [3.63, 3.8) is 0 Å². The van der Waals surface area contributed by atoms with Crippen LogP contribution in [0.3, 0.4) is 0 Å². The zero-order chi connectivity index (χ0) is 15.6. The van der Waals surface area contributed by atoms with Gasteiger partial charge in [-0.1, -0.05) is 0 Å². The Morgan fingerprint density at radius 1 is 1.32 bits per heavy atom. The first-order valence-electron chi connectivity index (χ1n) is 7.04. The van der Waals surface area contributed by atoms with Crippen LogP contribution in [0.5, 0.6) is 17.2 Å². The predicted molar refractivity (Wildman–Crippen MR) is 77.8 cm³/mol. The van der Waals surface area contributed by atoms with Gasteiger partial charge >= 0.3 is 0 Å². The van der Waals surface area contributed by atoms with Gasteiger partial charge in [0.05, 0.1) is 24.0 Å². The molecule has 0 radical (unpaired) electrons. The number of rotatable bonds is 5. The highest BCUT2D eigenvalue weighted by molar-refractivity contribution is 7.91. The summed E-state index contributed by atoms with van der Waals surface area (Å²) in [6.45, 7) is 0.827. The van der Waals surface area contributed by atoms with Crippen LogP contribution in [0, 0.1) is 5.92 Å². The summed E-state index contributed by atoms with van der Waals surface area (Å²) in [4.78, 5) is 11.8. The molecule has 8 heteroatoms. The van der Waals surface area contributed by atoms with Gasteiger partial charge in [0.25, 0.3) is 0 Å². The molecule has 0 unspecified atom stereocenters. The number of sulfone groups is 1. The topological polar surface area (TPSA) is 90.9 Å². The van der Waals surface area contributed by atoms with Crippen molar-refractivity contribution in [3.05, 3.63) is 18.2 Å². The number of amides is 1. The molecule has 1 N–H and O–H groups in total. The van der Waals surface area contributed by atoms with Crippen molar-refractivity contribution < 1.29 is 27.4 Å². The van der Waals surface area contributed by atoms with E-state index in [4.69, 9.17) is 14.2 Å². The van der Waals surface area contributed by atoms with Crippen LogP contribution < -0.4 is 19.5 Å². The smallest absolute Gasteiger partial charge is 0.231 e. The minimum absolute atomic E-state index is 0.0537. The molecular weight excluding hydrogens is 310 g/mol. The van der Waals surface area contributed by atoms with E-state index in [0.717, 1.165) is 0 Å². The molecule has 0 aromatic heterocycles. The monoisotopic (exact) mass is 327 g/mol. The van der Waals surface area contributed by atoms with Gasteiger partial charge < -0.3 is 19.5 Å². The van der Waals surface area contributed by atoms with Crippen LogP contribution in [0.25, 0.3) is 0 Å². The van der Waals surface area contributed by atoms with Crippen LogP contribution in [0.4, 0.5) is 0 Å². The summed E-state index contributed by atoms with van der Waals surface area (Å²) in [6.07, 6.45) is 0.400. The summed E-state index contributed by atoms with van der Waals surface area (Å²) >= 11 is 0. The van der Waals surface area contributed by atoms with E-state index in [1.165, 1.54) is 0 Å². The average Bonchev–Trinajstić information content (AvgIpc) is 3.08. The molecule has 7 nitrogen and oxygen atoms in total. The van der Waals surface area contributed by atoms with Gasteiger partial charge in [0.15, 0.2) is 21.3 Å². The maximum atomic E-state index is 11.8.